The second-order valence-electron chi connectivity index (χ2n) is 12.9. The van der Waals surface area contributed by atoms with Crippen molar-refractivity contribution in [2.45, 2.75) is 48.8 Å². The lowest BCUT2D eigenvalue weighted by Crippen LogP contribution is -2.60. The van der Waals surface area contributed by atoms with Gasteiger partial charge in [-0.2, -0.15) is 0 Å². The first-order chi connectivity index (χ1) is 24.1. The van der Waals surface area contributed by atoms with E-state index in [-0.39, 0.29) is 40.6 Å². The molecule has 3 aromatic rings. The Morgan fingerprint density at radius 2 is 1.45 bits per heavy atom. The first-order valence-electron chi connectivity index (χ1n) is 16.0. The zero-order valence-electron chi connectivity index (χ0n) is 26.8. The molecule has 2 aliphatic heterocycles. The van der Waals surface area contributed by atoms with Crippen LogP contribution in [0.25, 0.3) is 0 Å². The lowest BCUT2D eigenvalue weighted by atomic mass is 9.56. The van der Waals surface area contributed by atoms with Crippen LogP contribution in [-0.2, 0) is 25.6 Å². The van der Waals surface area contributed by atoms with Crippen LogP contribution in [0, 0.1) is 46.8 Å². The van der Waals surface area contributed by atoms with Gasteiger partial charge in [-0.1, -0.05) is 36.8 Å². The van der Waals surface area contributed by atoms with Crippen LogP contribution >= 0.6 is 23.2 Å². The number of imide groups is 2. The fourth-order valence-corrected chi connectivity index (χ4v) is 8.99. The number of phenolic OH excluding ortho intramolecular Hbond substituents is 1. The minimum absolute atomic E-state index is 0.0107. The highest BCUT2D eigenvalue weighted by atomic mass is 35.5. The summed E-state index contributed by atoms with van der Waals surface area (Å²) in [6.45, 7) is 3.65. The predicted molar refractivity (Wildman–Crippen MR) is 174 cm³/mol. The molecule has 266 valence electrons. The number of amides is 4. The molecule has 0 radical (unpaired) electrons. The van der Waals surface area contributed by atoms with E-state index in [2.05, 4.69) is 0 Å². The molecule has 51 heavy (non-hydrogen) atoms. The van der Waals surface area contributed by atoms with E-state index in [1.54, 1.807) is 37.3 Å². The number of fused-ring (bicyclic) bond motifs is 4. The molecule has 4 aliphatic rings. The topological polar surface area (TPSA) is 104 Å². The highest BCUT2D eigenvalue weighted by Crippen LogP contribution is 2.66. The molecular weight excluding hydrogens is 722 g/mol. The second kappa shape index (κ2) is 12.0. The molecule has 0 aromatic heterocycles. The predicted octanol–water partition coefficient (Wildman–Crippen LogP) is 6.82. The highest BCUT2D eigenvalue weighted by molar-refractivity contribution is 6.58. The normalized spacial score (nSPS) is 28.5. The first-order valence-corrected chi connectivity index (χ1v) is 16.8. The van der Waals surface area contributed by atoms with E-state index in [0.29, 0.717) is 12.1 Å². The smallest absolute Gasteiger partial charge is 0.258 e. The van der Waals surface area contributed by atoms with Crippen molar-refractivity contribution in [1.82, 2.24) is 0 Å². The van der Waals surface area contributed by atoms with Gasteiger partial charge in [0.15, 0.2) is 44.5 Å². The van der Waals surface area contributed by atoms with Crippen molar-refractivity contribution in [2.24, 2.45) is 17.8 Å². The first kappa shape index (κ1) is 34.9. The third-order valence-electron chi connectivity index (χ3n) is 10.4. The van der Waals surface area contributed by atoms with Crippen LogP contribution in [-0.4, -0.2) is 45.1 Å². The van der Waals surface area contributed by atoms with Crippen LogP contribution in [0.5, 0.6) is 11.5 Å². The van der Waals surface area contributed by atoms with Gasteiger partial charge in [0.2, 0.25) is 17.6 Å². The summed E-state index contributed by atoms with van der Waals surface area (Å²) in [6.07, 6.45) is 1.66. The van der Waals surface area contributed by atoms with Crippen LogP contribution in [0.1, 0.15) is 43.7 Å². The zero-order chi connectivity index (χ0) is 36.9. The average Bonchev–Trinajstić information content (AvgIpc) is 3.45. The summed E-state index contributed by atoms with van der Waals surface area (Å²) < 4.78 is 79.0. The van der Waals surface area contributed by atoms with Crippen LogP contribution in [0.4, 0.5) is 33.3 Å². The number of rotatable bonds is 6. The van der Waals surface area contributed by atoms with Crippen molar-refractivity contribution < 1.29 is 51.0 Å². The quantitative estimate of drug-likeness (QED) is 0.0742. The van der Waals surface area contributed by atoms with E-state index in [4.69, 9.17) is 27.9 Å². The van der Waals surface area contributed by atoms with E-state index in [1.807, 2.05) is 6.92 Å². The Labute approximate surface area is 297 Å². The number of hydrogen-bond acceptors (Lipinski definition) is 6. The third-order valence-corrected chi connectivity index (χ3v) is 11.9. The Hall–Kier alpha value is -4.49. The maximum atomic E-state index is 15.3. The summed E-state index contributed by atoms with van der Waals surface area (Å²) in [4.78, 5) is 52.3. The number of benzene rings is 3. The van der Waals surface area contributed by atoms with Crippen LogP contribution in [0.3, 0.4) is 0 Å². The molecule has 7 rings (SSSR count). The minimum atomic E-state index is -2.69. The monoisotopic (exact) mass is 748 g/mol. The largest absolute Gasteiger partial charge is 0.504 e. The van der Waals surface area contributed by atoms with Gasteiger partial charge in [-0.25, -0.2) is 26.9 Å². The Balaban J connectivity index is 1.42. The summed E-state index contributed by atoms with van der Waals surface area (Å²) in [7, 11) is 0. The molecule has 4 amide bonds. The fraction of sp³-hybridized carbons (Fsp3) is 0.333. The van der Waals surface area contributed by atoms with E-state index in [9.17, 15) is 37.5 Å². The number of phenols is 1. The van der Waals surface area contributed by atoms with Crippen LogP contribution < -0.4 is 14.5 Å². The van der Waals surface area contributed by atoms with Gasteiger partial charge in [-0.3, -0.25) is 24.1 Å². The van der Waals surface area contributed by atoms with Gasteiger partial charge >= 0.3 is 0 Å². The number of alkyl halides is 2. The van der Waals surface area contributed by atoms with Crippen LogP contribution in [0.2, 0.25) is 0 Å². The molecule has 0 bridgehead atoms. The fourth-order valence-electron chi connectivity index (χ4n) is 8.06. The number of halogens is 7. The standard InChI is InChI=1S/C36H27Cl2F5N2O6/c1-3-15-5-8-17(9-6-15)44-31(47)19-11-10-18-20(23(19)32(44)48)14-35(37)33(49)45(30-28(42)26(40)25(39)27(41)29(30)43)34(50)36(35,38)24(18)16-7-12-21(46)22(13-16)51-4-2/h5-10,12-13,19-20,23-24,46H,3-4,11,14H2,1-2H3. The van der Waals surface area contributed by atoms with Gasteiger partial charge in [-0.05, 0) is 67.5 Å². The van der Waals surface area contributed by atoms with Crippen molar-refractivity contribution in [3.8, 4) is 11.5 Å². The molecule has 3 fully saturated rings. The summed E-state index contributed by atoms with van der Waals surface area (Å²) in [5, 5.41) is 10.5. The van der Waals surface area contributed by atoms with E-state index < -0.39 is 98.2 Å². The molecule has 6 atom stereocenters. The van der Waals surface area contributed by atoms with Gasteiger partial charge in [-0.15, -0.1) is 23.2 Å². The maximum absolute atomic E-state index is 15.3. The van der Waals surface area contributed by atoms with E-state index in [0.717, 1.165) is 10.5 Å². The second-order valence-corrected chi connectivity index (χ2v) is 14.1. The SMILES string of the molecule is CCOc1cc(C2C3=CCC4C(=O)N(c5ccc(CC)cc5)C(=O)C4C3CC3(Cl)C(=O)N(c4c(F)c(F)c(F)c(F)c4F)C(=O)C23Cl)ccc1O. The summed E-state index contributed by atoms with van der Waals surface area (Å²) in [5.74, 6) is -21.6. The summed E-state index contributed by atoms with van der Waals surface area (Å²) in [5.41, 5.74) is -0.212. The number of ether oxygens (including phenoxy) is 1. The Bertz CT molecular complexity index is 2070. The average molecular weight is 750 g/mol. The molecule has 0 spiro atoms. The molecule has 1 N–H and O–H groups in total. The number of carbonyl (C=O) groups is 4. The van der Waals surface area contributed by atoms with Gasteiger partial charge in [0.25, 0.3) is 11.8 Å². The third kappa shape index (κ3) is 4.62. The summed E-state index contributed by atoms with van der Waals surface area (Å²) >= 11 is 14.3. The molecule has 2 aliphatic carbocycles. The van der Waals surface area contributed by atoms with Gasteiger partial charge in [0.1, 0.15) is 5.69 Å². The molecular formula is C36H27Cl2F5N2O6. The number of anilines is 2. The zero-order valence-corrected chi connectivity index (χ0v) is 28.3. The number of aryl methyl sites for hydroxylation is 1. The Morgan fingerprint density at radius 3 is 2.06 bits per heavy atom. The Kier molecular flexibility index (Phi) is 8.25. The summed E-state index contributed by atoms with van der Waals surface area (Å²) in [6, 6.07) is 10.6. The molecule has 2 heterocycles. The number of aromatic hydroxyl groups is 1. The van der Waals surface area contributed by atoms with Crippen molar-refractivity contribution in [3.05, 3.63) is 94.3 Å². The van der Waals surface area contributed by atoms with Crippen molar-refractivity contribution in [3.63, 3.8) is 0 Å². The molecule has 6 unspecified atom stereocenters. The highest BCUT2D eigenvalue weighted by Gasteiger charge is 2.77. The lowest BCUT2D eigenvalue weighted by molar-refractivity contribution is -0.125. The van der Waals surface area contributed by atoms with Crippen molar-refractivity contribution >= 4 is 58.2 Å². The van der Waals surface area contributed by atoms with Gasteiger partial charge in [0, 0.05) is 5.92 Å². The van der Waals surface area contributed by atoms with Gasteiger partial charge < -0.3 is 9.84 Å². The molecule has 1 saturated carbocycles. The van der Waals surface area contributed by atoms with E-state index in [1.165, 1.54) is 18.2 Å². The molecule has 8 nitrogen and oxygen atoms in total. The Morgan fingerprint density at radius 1 is 0.824 bits per heavy atom. The lowest BCUT2D eigenvalue weighted by Gasteiger charge is -2.50. The molecule has 3 aromatic carbocycles. The van der Waals surface area contributed by atoms with Gasteiger partial charge in [0.05, 0.1) is 24.1 Å². The van der Waals surface area contributed by atoms with Crippen molar-refractivity contribution in [1.29, 1.82) is 0 Å². The number of hydrogen-bond donors (Lipinski definition) is 1. The van der Waals surface area contributed by atoms with Crippen LogP contribution in [0.15, 0.2) is 54.1 Å². The van der Waals surface area contributed by atoms with E-state index >= 15 is 8.78 Å². The van der Waals surface area contributed by atoms with Crippen molar-refractivity contribution in [2.75, 3.05) is 16.4 Å². The minimum Gasteiger partial charge on any atom is -0.504 e. The molecule has 2 saturated heterocycles. The number of allylic oxidation sites excluding steroid dienone is 2. The molecule has 15 heteroatoms. The number of nitrogens with zero attached hydrogens (tertiary/aromatic N) is 2. The maximum Gasteiger partial charge on any atom is 0.258 e. The number of carbonyl (C=O) groups excluding carboxylic acids is 4.